The number of oxazole rings is 1. The third-order valence-corrected chi connectivity index (χ3v) is 3.02. The smallest absolute Gasteiger partial charge is 0.408 e. The van der Waals surface area contributed by atoms with Crippen LogP contribution < -0.4 is 11.1 Å². The molecule has 1 aromatic heterocycles. The van der Waals surface area contributed by atoms with Gasteiger partial charge in [0, 0.05) is 18.0 Å². The number of ketones is 1. The van der Waals surface area contributed by atoms with Gasteiger partial charge >= 0.3 is 5.76 Å². The van der Waals surface area contributed by atoms with Crippen LogP contribution in [0.15, 0.2) is 27.4 Å². The molecule has 0 aliphatic rings. The third-order valence-electron chi connectivity index (χ3n) is 3.02. The van der Waals surface area contributed by atoms with Crippen molar-refractivity contribution in [1.82, 2.24) is 10.3 Å². The maximum absolute atomic E-state index is 12.2. The number of nitrogens with one attached hydrogen (secondary N) is 2. The van der Waals surface area contributed by atoms with Crippen LogP contribution in [0.25, 0.3) is 11.1 Å². The van der Waals surface area contributed by atoms with Crippen LogP contribution in [-0.4, -0.2) is 24.4 Å². The largest absolute Gasteiger partial charge is 0.417 e. The summed E-state index contributed by atoms with van der Waals surface area (Å²) in [5, 5.41) is 3.01. The quantitative estimate of drug-likeness (QED) is 0.787. The van der Waals surface area contributed by atoms with E-state index in [1.54, 1.807) is 18.2 Å². The lowest BCUT2D eigenvalue weighted by atomic mass is 9.95. The number of hydrogen-bond donors (Lipinski definition) is 2. The molecule has 0 aliphatic heterocycles. The fraction of sp³-hybridized carbons (Fsp3) is 0.385. The van der Waals surface area contributed by atoms with Crippen LogP contribution in [0.1, 0.15) is 23.7 Å². The summed E-state index contributed by atoms with van der Waals surface area (Å²) in [5.74, 6) is -0.493. The Balaban J connectivity index is 2.34. The first kappa shape index (κ1) is 12.6. The Morgan fingerprint density at radius 2 is 2.28 bits per heavy atom. The van der Waals surface area contributed by atoms with E-state index in [9.17, 15) is 9.59 Å². The van der Waals surface area contributed by atoms with Crippen molar-refractivity contribution < 1.29 is 9.21 Å². The molecular weight excluding hydrogens is 232 g/mol. The second kappa shape index (κ2) is 5.18. The van der Waals surface area contributed by atoms with Crippen molar-refractivity contribution in [3.8, 4) is 0 Å². The molecule has 0 fully saturated rings. The Kier molecular flexibility index (Phi) is 3.62. The molecule has 0 amide bonds. The molecule has 0 radical (unpaired) electrons. The van der Waals surface area contributed by atoms with Gasteiger partial charge in [0.15, 0.2) is 11.4 Å². The van der Waals surface area contributed by atoms with E-state index in [4.69, 9.17) is 4.42 Å². The molecule has 0 saturated heterocycles. The number of benzene rings is 1. The molecule has 1 heterocycles. The highest BCUT2D eigenvalue weighted by Gasteiger charge is 2.18. The molecule has 18 heavy (non-hydrogen) atoms. The van der Waals surface area contributed by atoms with E-state index in [0.29, 0.717) is 23.2 Å². The van der Waals surface area contributed by atoms with Crippen molar-refractivity contribution in [3.63, 3.8) is 0 Å². The lowest BCUT2D eigenvalue weighted by molar-refractivity contribution is 0.0916. The number of aromatic amines is 1. The van der Waals surface area contributed by atoms with Crippen LogP contribution in [-0.2, 0) is 0 Å². The highest BCUT2D eigenvalue weighted by Crippen LogP contribution is 2.17. The van der Waals surface area contributed by atoms with Gasteiger partial charge in [0.05, 0.1) is 5.52 Å². The Hall–Kier alpha value is -1.88. The fourth-order valence-corrected chi connectivity index (χ4v) is 2.00. The van der Waals surface area contributed by atoms with Crippen LogP contribution in [0.2, 0.25) is 0 Å². The minimum absolute atomic E-state index is 0.0573. The monoisotopic (exact) mass is 248 g/mol. The van der Waals surface area contributed by atoms with Gasteiger partial charge in [-0.05, 0) is 31.7 Å². The van der Waals surface area contributed by atoms with Gasteiger partial charge in [0.1, 0.15) is 0 Å². The highest BCUT2D eigenvalue weighted by atomic mass is 16.4. The van der Waals surface area contributed by atoms with E-state index in [-0.39, 0.29) is 11.7 Å². The van der Waals surface area contributed by atoms with E-state index in [2.05, 4.69) is 10.3 Å². The summed E-state index contributed by atoms with van der Waals surface area (Å²) in [6.45, 7) is 2.62. The number of carbonyl (C=O) groups excluding carboxylic acids is 1. The zero-order valence-electron chi connectivity index (χ0n) is 10.4. The van der Waals surface area contributed by atoms with E-state index < -0.39 is 5.76 Å². The normalized spacial score (nSPS) is 12.8. The zero-order valence-corrected chi connectivity index (χ0v) is 10.4. The minimum atomic E-state index is -0.503. The summed E-state index contributed by atoms with van der Waals surface area (Å²) >= 11 is 0. The molecule has 0 saturated carbocycles. The first-order chi connectivity index (χ1) is 8.65. The van der Waals surface area contributed by atoms with Crippen molar-refractivity contribution in [3.05, 3.63) is 34.3 Å². The molecule has 1 atom stereocenters. The molecule has 0 aliphatic carbocycles. The lowest BCUT2D eigenvalue weighted by Crippen LogP contribution is -2.25. The summed E-state index contributed by atoms with van der Waals surface area (Å²) < 4.78 is 4.95. The predicted octanol–water partition coefficient (Wildman–Crippen LogP) is 1.55. The van der Waals surface area contributed by atoms with Crippen LogP contribution in [0.4, 0.5) is 0 Å². The zero-order chi connectivity index (χ0) is 13.1. The van der Waals surface area contributed by atoms with Gasteiger partial charge in [-0.15, -0.1) is 0 Å². The molecule has 2 N–H and O–H groups in total. The predicted molar refractivity (Wildman–Crippen MR) is 68.9 cm³/mol. The fourth-order valence-electron chi connectivity index (χ4n) is 2.00. The van der Waals surface area contributed by atoms with Gasteiger partial charge in [0.2, 0.25) is 0 Å². The molecule has 2 aromatic rings. The summed E-state index contributed by atoms with van der Waals surface area (Å²) in [4.78, 5) is 25.8. The summed E-state index contributed by atoms with van der Waals surface area (Å²) in [7, 11) is 1.82. The molecular formula is C13H16N2O3. The van der Waals surface area contributed by atoms with Crippen molar-refractivity contribution >= 4 is 16.9 Å². The van der Waals surface area contributed by atoms with Crippen molar-refractivity contribution in [1.29, 1.82) is 0 Å². The summed E-state index contributed by atoms with van der Waals surface area (Å²) in [6.07, 6.45) is 0.773. The number of rotatable bonds is 5. The van der Waals surface area contributed by atoms with E-state index >= 15 is 0 Å². The number of Topliss-reactive ketones (excluding diaryl/α,β-unsaturated/α-hetero) is 1. The van der Waals surface area contributed by atoms with E-state index in [1.165, 1.54) is 0 Å². The molecule has 96 valence electrons. The Bertz CT molecular complexity index is 612. The maximum Gasteiger partial charge on any atom is 0.417 e. The second-order valence-electron chi connectivity index (χ2n) is 4.25. The molecule has 5 nitrogen and oxygen atoms in total. The first-order valence-electron chi connectivity index (χ1n) is 5.97. The SMILES string of the molecule is CCC(CNC)C(=O)c1ccc2[nH]c(=O)oc2c1. The third kappa shape index (κ3) is 2.36. The van der Waals surface area contributed by atoms with Crippen LogP contribution in [0, 0.1) is 5.92 Å². The van der Waals surface area contributed by atoms with Gasteiger partial charge in [-0.1, -0.05) is 6.92 Å². The standard InChI is InChI=1S/C13H16N2O3/c1-3-8(7-14-2)12(16)9-4-5-10-11(6-9)18-13(17)15-10/h4-6,8,14H,3,7H2,1-2H3,(H,15,17). The second-order valence-corrected chi connectivity index (χ2v) is 4.25. The van der Waals surface area contributed by atoms with Gasteiger partial charge in [0.25, 0.3) is 0 Å². The van der Waals surface area contributed by atoms with Crippen LogP contribution >= 0.6 is 0 Å². The van der Waals surface area contributed by atoms with Gasteiger partial charge in [-0.3, -0.25) is 9.78 Å². The van der Waals surface area contributed by atoms with Crippen molar-refractivity contribution in [2.24, 2.45) is 5.92 Å². The molecule has 1 aromatic carbocycles. The Morgan fingerprint density at radius 3 is 2.94 bits per heavy atom. The molecule has 0 bridgehead atoms. The number of hydrogen-bond acceptors (Lipinski definition) is 4. The number of aromatic nitrogens is 1. The highest BCUT2D eigenvalue weighted by molar-refractivity contribution is 6.00. The summed E-state index contributed by atoms with van der Waals surface area (Å²) in [5.41, 5.74) is 1.61. The molecule has 0 spiro atoms. The van der Waals surface area contributed by atoms with Crippen LogP contribution in [0.3, 0.4) is 0 Å². The van der Waals surface area contributed by atoms with Crippen molar-refractivity contribution in [2.45, 2.75) is 13.3 Å². The molecule has 2 rings (SSSR count). The van der Waals surface area contributed by atoms with E-state index in [1.807, 2.05) is 14.0 Å². The van der Waals surface area contributed by atoms with Crippen molar-refractivity contribution in [2.75, 3.05) is 13.6 Å². The number of carbonyl (C=O) groups is 1. The summed E-state index contributed by atoms with van der Waals surface area (Å²) in [6, 6.07) is 5.03. The molecule has 5 heteroatoms. The van der Waals surface area contributed by atoms with Gasteiger partial charge < -0.3 is 9.73 Å². The lowest BCUT2D eigenvalue weighted by Gasteiger charge is -2.12. The maximum atomic E-state index is 12.2. The average Bonchev–Trinajstić information content (AvgIpc) is 2.74. The minimum Gasteiger partial charge on any atom is -0.408 e. The van der Waals surface area contributed by atoms with Gasteiger partial charge in [-0.25, -0.2) is 4.79 Å². The van der Waals surface area contributed by atoms with Crippen LogP contribution in [0.5, 0.6) is 0 Å². The topological polar surface area (TPSA) is 75.1 Å². The number of H-pyrrole nitrogens is 1. The average molecular weight is 248 g/mol. The van der Waals surface area contributed by atoms with Gasteiger partial charge in [-0.2, -0.15) is 0 Å². The first-order valence-corrected chi connectivity index (χ1v) is 5.97. The number of fused-ring (bicyclic) bond motifs is 1. The molecule has 1 unspecified atom stereocenters. The Labute approximate surface area is 104 Å². The Morgan fingerprint density at radius 1 is 1.50 bits per heavy atom. The van der Waals surface area contributed by atoms with E-state index in [0.717, 1.165) is 6.42 Å².